The van der Waals surface area contributed by atoms with E-state index in [0.717, 1.165) is 46.6 Å². The molecule has 4 rings (SSSR count). The standard InChI is InChI=1S/C30H34O6/c1-5-34-30(31)13-14-35-27-12-8-11-25(23-17-28(32-3)20(2)29(18-23)33-4)26(27)19-36-24-15-21-9-6-7-10-22(21)16-24/h6-12,17-18,24H,5,13-16,19H2,1-4H3. The zero-order chi connectivity index (χ0) is 25.5. The van der Waals surface area contributed by atoms with Crippen LogP contribution in [0.15, 0.2) is 54.6 Å². The van der Waals surface area contributed by atoms with Crippen LogP contribution in [0.3, 0.4) is 0 Å². The maximum absolute atomic E-state index is 11.8. The highest BCUT2D eigenvalue weighted by Crippen LogP contribution is 2.39. The van der Waals surface area contributed by atoms with Crippen molar-refractivity contribution in [3.8, 4) is 28.4 Å². The first kappa shape index (κ1) is 25.6. The van der Waals surface area contributed by atoms with Crippen LogP contribution in [-0.2, 0) is 33.7 Å². The van der Waals surface area contributed by atoms with Gasteiger partial charge in [-0.15, -0.1) is 0 Å². The van der Waals surface area contributed by atoms with E-state index in [0.29, 0.717) is 19.0 Å². The average molecular weight is 491 g/mol. The van der Waals surface area contributed by atoms with Gasteiger partial charge in [0.15, 0.2) is 0 Å². The van der Waals surface area contributed by atoms with E-state index in [1.54, 1.807) is 21.1 Å². The van der Waals surface area contributed by atoms with Crippen LogP contribution in [0.1, 0.15) is 35.6 Å². The van der Waals surface area contributed by atoms with Crippen molar-refractivity contribution in [3.63, 3.8) is 0 Å². The minimum atomic E-state index is -0.275. The monoisotopic (exact) mass is 490 g/mol. The molecule has 0 saturated carbocycles. The summed E-state index contributed by atoms with van der Waals surface area (Å²) in [4.78, 5) is 11.8. The second kappa shape index (κ2) is 12.0. The fraction of sp³-hybridized carbons (Fsp3) is 0.367. The minimum Gasteiger partial charge on any atom is -0.496 e. The fourth-order valence-corrected chi connectivity index (χ4v) is 4.68. The smallest absolute Gasteiger partial charge is 0.309 e. The molecule has 3 aromatic carbocycles. The molecular weight excluding hydrogens is 456 g/mol. The van der Waals surface area contributed by atoms with E-state index in [2.05, 4.69) is 24.3 Å². The van der Waals surface area contributed by atoms with E-state index >= 15 is 0 Å². The van der Waals surface area contributed by atoms with Gasteiger partial charge in [-0.3, -0.25) is 4.79 Å². The molecule has 3 aromatic rings. The molecule has 0 spiro atoms. The first-order valence-electron chi connectivity index (χ1n) is 12.4. The van der Waals surface area contributed by atoms with Gasteiger partial charge in [0.05, 0.1) is 46.6 Å². The average Bonchev–Trinajstić information content (AvgIpc) is 3.31. The van der Waals surface area contributed by atoms with Gasteiger partial charge in [0.2, 0.25) is 0 Å². The Bertz CT molecular complexity index is 1150. The van der Waals surface area contributed by atoms with Crippen molar-refractivity contribution in [2.75, 3.05) is 27.4 Å². The molecule has 0 heterocycles. The lowest BCUT2D eigenvalue weighted by molar-refractivity contribution is -0.143. The summed E-state index contributed by atoms with van der Waals surface area (Å²) in [5.74, 6) is 1.90. The Labute approximate surface area is 213 Å². The molecular formula is C30H34O6. The predicted molar refractivity (Wildman–Crippen MR) is 139 cm³/mol. The molecule has 0 amide bonds. The number of carbonyl (C=O) groups is 1. The Morgan fingerprint density at radius 3 is 2.19 bits per heavy atom. The van der Waals surface area contributed by atoms with Crippen molar-refractivity contribution in [2.24, 2.45) is 0 Å². The number of benzene rings is 3. The van der Waals surface area contributed by atoms with Crippen molar-refractivity contribution >= 4 is 5.97 Å². The summed E-state index contributed by atoms with van der Waals surface area (Å²) in [5, 5.41) is 0. The van der Waals surface area contributed by atoms with Crippen molar-refractivity contribution < 1.29 is 28.5 Å². The Kier molecular flexibility index (Phi) is 8.49. The van der Waals surface area contributed by atoms with Gasteiger partial charge in [-0.2, -0.15) is 0 Å². The quantitative estimate of drug-likeness (QED) is 0.322. The Morgan fingerprint density at radius 2 is 1.58 bits per heavy atom. The molecule has 0 bridgehead atoms. The molecule has 6 nitrogen and oxygen atoms in total. The third-order valence-corrected chi connectivity index (χ3v) is 6.54. The molecule has 190 valence electrons. The maximum atomic E-state index is 11.8. The Balaban J connectivity index is 1.62. The predicted octanol–water partition coefficient (Wildman–Crippen LogP) is 5.70. The second-order valence-electron chi connectivity index (χ2n) is 8.80. The molecule has 1 aliphatic carbocycles. The number of ether oxygens (including phenoxy) is 5. The Hall–Kier alpha value is -3.51. The van der Waals surface area contributed by atoms with Crippen LogP contribution in [-0.4, -0.2) is 39.5 Å². The maximum Gasteiger partial charge on any atom is 0.309 e. The van der Waals surface area contributed by atoms with Crippen LogP contribution in [0.2, 0.25) is 0 Å². The van der Waals surface area contributed by atoms with Crippen LogP contribution in [0.4, 0.5) is 0 Å². The van der Waals surface area contributed by atoms with Crippen LogP contribution in [0.5, 0.6) is 17.2 Å². The van der Waals surface area contributed by atoms with E-state index in [-0.39, 0.29) is 25.1 Å². The molecule has 0 fully saturated rings. The minimum absolute atomic E-state index is 0.102. The number of esters is 1. The van der Waals surface area contributed by atoms with Gasteiger partial charge in [-0.1, -0.05) is 36.4 Å². The lowest BCUT2D eigenvalue weighted by atomic mass is 9.97. The number of hydrogen-bond acceptors (Lipinski definition) is 6. The summed E-state index contributed by atoms with van der Waals surface area (Å²) < 4.78 is 28.8. The van der Waals surface area contributed by atoms with E-state index in [9.17, 15) is 4.79 Å². The number of methoxy groups -OCH3 is 2. The SMILES string of the molecule is CCOC(=O)CCOc1cccc(-c2cc(OC)c(C)c(OC)c2)c1COC1Cc2ccccc2C1. The summed E-state index contributed by atoms with van der Waals surface area (Å²) >= 11 is 0. The van der Waals surface area contributed by atoms with E-state index in [1.165, 1.54) is 11.1 Å². The number of fused-ring (bicyclic) bond motifs is 1. The Morgan fingerprint density at radius 1 is 0.917 bits per heavy atom. The molecule has 6 heteroatoms. The second-order valence-corrected chi connectivity index (χ2v) is 8.80. The third kappa shape index (κ3) is 5.82. The molecule has 0 radical (unpaired) electrons. The van der Waals surface area contributed by atoms with Crippen LogP contribution < -0.4 is 14.2 Å². The number of rotatable bonds is 11. The molecule has 0 saturated heterocycles. The highest BCUT2D eigenvalue weighted by molar-refractivity contribution is 5.74. The van der Waals surface area contributed by atoms with Crippen molar-refractivity contribution in [3.05, 3.63) is 76.9 Å². The van der Waals surface area contributed by atoms with Crippen LogP contribution in [0.25, 0.3) is 11.1 Å². The summed E-state index contributed by atoms with van der Waals surface area (Å²) in [6, 6.07) is 18.4. The van der Waals surface area contributed by atoms with E-state index < -0.39 is 0 Å². The lowest BCUT2D eigenvalue weighted by Crippen LogP contribution is -2.14. The van der Waals surface area contributed by atoms with Gasteiger partial charge in [0.25, 0.3) is 0 Å². The van der Waals surface area contributed by atoms with Gasteiger partial charge in [0.1, 0.15) is 17.2 Å². The van der Waals surface area contributed by atoms with E-state index in [1.807, 2.05) is 37.3 Å². The highest BCUT2D eigenvalue weighted by atomic mass is 16.5. The zero-order valence-electron chi connectivity index (χ0n) is 21.5. The van der Waals surface area contributed by atoms with E-state index in [4.69, 9.17) is 23.7 Å². The first-order chi connectivity index (χ1) is 17.5. The van der Waals surface area contributed by atoms with Gasteiger partial charge >= 0.3 is 5.97 Å². The molecule has 0 atom stereocenters. The van der Waals surface area contributed by atoms with Crippen LogP contribution in [0, 0.1) is 6.92 Å². The molecule has 36 heavy (non-hydrogen) atoms. The summed E-state index contributed by atoms with van der Waals surface area (Å²) in [6.07, 6.45) is 2.07. The van der Waals surface area contributed by atoms with Crippen molar-refractivity contribution in [2.45, 2.75) is 45.8 Å². The van der Waals surface area contributed by atoms with Crippen molar-refractivity contribution in [1.82, 2.24) is 0 Å². The summed E-state index contributed by atoms with van der Waals surface area (Å²) in [5.41, 5.74) is 6.45. The molecule has 0 N–H and O–H groups in total. The highest BCUT2D eigenvalue weighted by Gasteiger charge is 2.23. The van der Waals surface area contributed by atoms with Crippen LogP contribution >= 0.6 is 0 Å². The third-order valence-electron chi connectivity index (χ3n) is 6.54. The molecule has 1 aliphatic rings. The lowest BCUT2D eigenvalue weighted by Gasteiger charge is -2.20. The van der Waals surface area contributed by atoms with Gasteiger partial charge in [-0.25, -0.2) is 0 Å². The normalized spacial score (nSPS) is 12.8. The topological polar surface area (TPSA) is 63.2 Å². The molecule has 0 aliphatic heterocycles. The largest absolute Gasteiger partial charge is 0.496 e. The first-order valence-corrected chi connectivity index (χ1v) is 12.4. The van der Waals surface area contributed by atoms with Crippen molar-refractivity contribution in [1.29, 1.82) is 0 Å². The van der Waals surface area contributed by atoms with Gasteiger partial charge < -0.3 is 23.7 Å². The zero-order valence-corrected chi connectivity index (χ0v) is 21.5. The number of hydrogen-bond donors (Lipinski definition) is 0. The number of carbonyl (C=O) groups excluding carboxylic acids is 1. The molecule has 0 unspecified atom stereocenters. The summed E-state index contributed by atoms with van der Waals surface area (Å²) in [7, 11) is 3.31. The fourth-order valence-electron chi connectivity index (χ4n) is 4.68. The van der Waals surface area contributed by atoms with Gasteiger partial charge in [-0.05, 0) is 67.1 Å². The summed E-state index contributed by atoms with van der Waals surface area (Å²) in [6.45, 7) is 4.72. The van der Waals surface area contributed by atoms with Gasteiger partial charge in [0, 0.05) is 11.1 Å². The molecule has 0 aromatic heterocycles.